The van der Waals surface area contributed by atoms with Gasteiger partial charge in [-0.05, 0) is 37.1 Å². The molecular weight excluding hydrogens is 244 g/mol. The van der Waals surface area contributed by atoms with Crippen LogP contribution < -0.4 is 4.74 Å². The Kier molecular flexibility index (Phi) is 4.35. The first-order valence-corrected chi connectivity index (χ1v) is 6.11. The molecule has 1 rings (SSSR count). The maximum atomic E-state index is 12.5. The third kappa shape index (κ3) is 3.13. The van der Waals surface area contributed by atoms with E-state index in [9.17, 15) is 9.59 Å². The minimum Gasteiger partial charge on any atom is -0.496 e. The van der Waals surface area contributed by atoms with Crippen molar-refractivity contribution in [1.29, 1.82) is 0 Å². The van der Waals surface area contributed by atoms with Crippen molar-refractivity contribution in [2.75, 3.05) is 7.11 Å². The third-order valence-corrected chi connectivity index (χ3v) is 3.41. The van der Waals surface area contributed by atoms with Crippen LogP contribution in [0.4, 0.5) is 0 Å². The van der Waals surface area contributed by atoms with Gasteiger partial charge in [-0.1, -0.05) is 13.8 Å². The van der Waals surface area contributed by atoms with Crippen molar-refractivity contribution in [3.05, 3.63) is 28.8 Å². The molecular formula is C15H20O4. The summed E-state index contributed by atoms with van der Waals surface area (Å²) in [6.45, 7) is 7.04. The van der Waals surface area contributed by atoms with Gasteiger partial charge in [0.2, 0.25) is 0 Å². The molecule has 0 aromatic heterocycles. The largest absolute Gasteiger partial charge is 0.496 e. The van der Waals surface area contributed by atoms with Crippen molar-refractivity contribution in [3.63, 3.8) is 0 Å². The van der Waals surface area contributed by atoms with Gasteiger partial charge in [0.1, 0.15) is 5.75 Å². The SMILES string of the molecule is COc1ccc(C(=O)C(C)(C)CC(=O)O)c(C)c1C. The summed E-state index contributed by atoms with van der Waals surface area (Å²) in [6, 6.07) is 3.44. The third-order valence-electron chi connectivity index (χ3n) is 3.41. The second-order valence-electron chi connectivity index (χ2n) is 5.35. The zero-order chi connectivity index (χ0) is 14.8. The number of carboxylic acid groups (broad SMARTS) is 1. The molecule has 1 aromatic carbocycles. The average molecular weight is 264 g/mol. The Balaban J connectivity index is 3.21. The van der Waals surface area contributed by atoms with E-state index in [0.717, 1.165) is 16.9 Å². The number of hydrogen-bond acceptors (Lipinski definition) is 3. The van der Waals surface area contributed by atoms with Gasteiger partial charge in [0.05, 0.1) is 13.5 Å². The van der Waals surface area contributed by atoms with Gasteiger partial charge < -0.3 is 9.84 Å². The molecule has 104 valence electrons. The summed E-state index contributed by atoms with van der Waals surface area (Å²) in [5.74, 6) is -0.399. The first-order chi connectivity index (χ1) is 8.70. The smallest absolute Gasteiger partial charge is 0.304 e. The zero-order valence-corrected chi connectivity index (χ0v) is 12.0. The molecule has 0 aliphatic rings. The quantitative estimate of drug-likeness (QED) is 0.830. The number of carboxylic acids is 1. The summed E-state index contributed by atoms with van der Waals surface area (Å²) >= 11 is 0. The molecule has 0 aliphatic carbocycles. The number of ketones is 1. The van der Waals surface area contributed by atoms with Crippen LogP contribution in [0.5, 0.6) is 5.75 Å². The van der Waals surface area contributed by atoms with Gasteiger partial charge >= 0.3 is 5.97 Å². The molecule has 1 aromatic rings. The fourth-order valence-electron chi connectivity index (χ4n) is 2.09. The number of carbonyl (C=O) groups is 2. The highest BCUT2D eigenvalue weighted by molar-refractivity contribution is 6.03. The molecule has 4 heteroatoms. The molecule has 0 fully saturated rings. The van der Waals surface area contributed by atoms with Gasteiger partial charge in [0.15, 0.2) is 5.78 Å². The van der Waals surface area contributed by atoms with Crippen molar-refractivity contribution >= 4 is 11.8 Å². The highest BCUT2D eigenvalue weighted by Gasteiger charge is 2.32. The molecule has 0 heterocycles. The van der Waals surface area contributed by atoms with Gasteiger partial charge in [0, 0.05) is 11.0 Å². The number of Topliss-reactive ketones (excluding diaryl/α,β-unsaturated/α-hetero) is 1. The van der Waals surface area contributed by atoms with Crippen LogP contribution in [-0.4, -0.2) is 24.0 Å². The van der Waals surface area contributed by atoms with Crippen molar-refractivity contribution in [2.24, 2.45) is 5.41 Å². The summed E-state index contributed by atoms with van der Waals surface area (Å²) in [5, 5.41) is 8.88. The van der Waals surface area contributed by atoms with Crippen molar-refractivity contribution in [3.8, 4) is 5.75 Å². The maximum absolute atomic E-state index is 12.5. The van der Waals surface area contributed by atoms with Gasteiger partial charge in [0.25, 0.3) is 0 Å². The summed E-state index contributed by atoms with van der Waals surface area (Å²) in [4.78, 5) is 23.3. The van der Waals surface area contributed by atoms with E-state index in [4.69, 9.17) is 9.84 Å². The van der Waals surface area contributed by atoms with Crippen LogP contribution in [0.1, 0.15) is 41.8 Å². The molecule has 0 radical (unpaired) electrons. The summed E-state index contributed by atoms with van der Waals surface area (Å²) in [6.07, 6.45) is -0.184. The van der Waals surface area contributed by atoms with Crippen LogP contribution in [0, 0.1) is 19.3 Å². The summed E-state index contributed by atoms with van der Waals surface area (Å²) < 4.78 is 5.21. The molecule has 4 nitrogen and oxygen atoms in total. The Morgan fingerprint density at radius 2 is 1.79 bits per heavy atom. The number of rotatable bonds is 5. The van der Waals surface area contributed by atoms with E-state index >= 15 is 0 Å². The minimum atomic E-state index is -0.971. The van der Waals surface area contributed by atoms with Crippen LogP contribution in [0.2, 0.25) is 0 Å². The predicted octanol–water partition coefficient (Wildman–Crippen LogP) is 3.00. The monoisotopic (exact) mass is 264 g/mol. The maximum Gasteiger partial charge on any atom is 0.304 e. The molecule has 1 N–H and O–H groups in total. The number of hydrogen-bond donors (Lipinski definition) is 1. The molecule has 19 heavy (non-hydrogen) atoms. The fourth-order valence-corrected chi connectivity index (χ4v) is 2.09. The Hall–Kier alpha value is -1.84. The minimum absolute atomic E-state index is 0.154. The summed E-state index contributed by atoms with van der Waals surface area (Å²) in [5.41, 5.74) is 1.38. The lowest BCUT2D eigenvalue weighted by atomic mass is 9.79. The first kappa shape index (κ1) is 15.2. The molecule has 0 aliphatic heterocycles. The molecule has 0 amide bonds. The molecule has 0 spiro atoms. The van der Waals surface area contributed by atoms with E-state index in [-0.39, 0.29) is 12.2 Å². The van der Waals surface area contributed by atoms with E-state index in [1.165, 1.54) is 0 Å². The number of methoxy groups -OCH3 is 1. The Morgan fingerprint density at radius 1 is 1.21 bits per heavy atom. The molecule has 0 bridgehead atoms. The highest BCUT2D eigenvalue weighted by Crippen LogP contribution is 2.31. The predicted molar refractivity (Wildman–Crippen MR) is 72.8 cm³/mol. The van der Waals surface area contributed by atoms with E-state index in [1.807, 2.05) is 13.8 Å². The number of aliphatic carboxylic acids is 1. The Bertz CT molecular complexity index is 515. The number of ether oxygens (including phenoxy) is 1. The second kappa shape index (κ2) is 5.43. The van der Waals surface area contributed by atoms with E-state index in [1.54, 1.807) is 33.1 Å². The van der Waals surface area contributed by atoms with Gasteiger partial charge in [-0.25, -0.2) is 0 Å². The van der Waals surface area contributed by atoms with E-state index in [2.05, 4.69) is 0 Å². The normalized spacial score (nSPS) is 11.2. The lowest BCUT2D eigenvalue weighted by molar-refractivity contribution is -0.138. The van der Waals surface area contributed by atoms with Gasteiger partial charge in [-0.15, -0.1) is 0 Å². The van der Waals surface area contributed by atoms with Gasteiger partial charge in [-0.2, -0.15) is 0 Å². The Labute approximate surface area is 113 Å². The fraction of sp³-hybridized carbons (Fsp3) is 0.467. The van der Waals surface area contributed by atoms with Crippen molar-refractivity contribution in [2.45, 2.75) is 34.1 Å². The number of carbonyl (C=O) groups excluding carboxylic acids is 1. The summed E-state index contributed by atoms with van der Waals surface area (Å²) in [7, 11) is 1.58. The van der Waals surface area contributed by atoms with Gasteiger partial charge in [-0.3, -0.25) is 9.59 Å². The topological polar surface area (TPSA) is 63.6 Å². The van der Waals surface area contributed by atoms with Crippen molar-refractivity contribution < 1.29 is 19.4 Å². The second-order valence-corrected chi connectivity index (χ2v) is 5.35. The first-order valence-electron chi connectivity index (χ1n) is 6.11. The van der Waals surface area contributed by atoms with Crippen LogP contribution in [0.25, 0.3) is 0 Å². The number of benzene rings is 1. The molecule has 0 atom stereocenters. The van der Waals surface area contributed by atoms with Crippen LogP contribution in [-0.2, 0) is 4.79 Å². The molecule has 0 saturated heterocycles. The van der Waals surface area contributed by atoms with Crippen LogP contribution >= 0.6 is 0 Å². The molecule has 0 unspecified atom stereocenters. The van der Waals surface area contributed by atoms with E-state index < -0.39 is 11.4 Å². The van der Waals surface area contributed by atoms with Crippen LogP contribution in [0.15, 0.2) is 12.1 Å². The van der Waals surface area contributed by atoms with Crippen LogP contribution in [0.3, 0.4) is 0 Å². The lowest BCUT2D eigenvalue weighted by Crippen LogP contribution is -2.28. The lowest BCUT2D eigenvalue weighted by Gasteiger charge is -2.22. The van der Waals surface area contributed by atoms with E-state index in [0.29, 0.717) is 5.56 Å². The Morgan fingerprint density at radius 3 is 2.26 bits per heavy atom. The molecule has 0 saturated carbocycles. The standard InChI is InChI=1S/C15H20O4/c1-9-10(2)12(19-5)7-6-11(9)14(18)15(3,4)8-13(16)17/h6-7H,8H2,1-5H3,(H,16,17). The highest BCUT2D eigenvalue weighted by atomic mass is 16.5. The zero-order valence-electron chi connectivity index (χ0n) is 12.0. The average Bonchev–Trinajstić information content (AvgIpc) is 2.30. The van der Waals surface area contributed by atoms with Crippen molar-refractivity contribution in [1.82, 2.24) is 0 Å².